The van der Waals surface area contributed by atoms with Crippen LogP contribution in [-0.2, 0) is 4.74 Å². The number of aromatic nitrogens is 2. The molecule has 0 radical (unpaired) electrons. The Morgan fingerprint density at radius 2 is 1.76 bits per heavy atom. The fourth-order valence-corrected chi connectivity index (χ4v) is 3.45. The van der Waals surface area contributed by atoms with Gasteiger partial charge in [0.15, 0.2) is 0 Å². The van der Waals surface area contributed by atoms with Crippen molar-refractivity contribution in [2.24, 2.45) is 0 Å². The largest absolute Gasteiger partial charge is 0.474 e. The molecular formula is C22H31N3O4. The van der Waals surface area contributed by atoms with Crippen molar-refractivity contribution in [1.29, 1.82) is 0 Å². The maximum atomic E-state index is 12.6. The van der Waals surface area contributed by atoms with E-state index in [1.54, 1.807) is 0 Å². The van der Waals surface area contributed by atoms with Crippen LogP contribution in [-0.4, -0.2) is 52.4 Å². The molecule has 0 aliphatic carbocycles. The monoisotopic (exact) mass is 401 g/mol. The molecule has 2 heterocycles. The highest BCUT2D eigenvalue weighted by Gasteiger charge is 2.30. The maximum absolute atomic E-state index is 12.6. The summed E-state index contributed by atoms with van der Waals surface area (Å²) >= 11 is 0. The third-order valence-corrected chi connectivity index (χ3v) is 4.73. The lowest BCUT2D eigenvalue weighted by Crippen LogP contribution is -2.46. The minimum atomic E-state index is -0.497. The second-order valence-corrected chi connectivity index (χ2v) is 8.22. The molecule has 0 bridgehead atoms. The summed E-state index contributed by atoms with van der Waals surface area (Å²) in [6, 6.07) is 7.73. The number of nitrogens with zero attached hydrogens (tertiary/aromatic N) is 3. The van der Waals surface area contributed by atoms with Gasteiger partial charge in [-0.2, -0.15) is 0 Å². The van der Waals surface area contributed by atoms with E-state index in [0.717, 1.165) is 36.8 Å². The molecule has 158 valence electrons. The molecule has 29 heavy (non-hydrogen) atoms. The molecule has 1 atom stereocenters. The van der Waals surface area contributed by atoms with Gasteiger partial charge in [-0.15, -0.1) is 0 Å². The molecule has 0 spiro atoms. The van der Waals surface area contributed by atoms with E-state index in [1.807, 2.05) is 56.9 Å². The predicted octanol–water partition coefficient (Wildman–Crippen LogP) is 4.59. The summed E-state index contributed by atoms with van der Waals surface area (Å²) in [5, 5.41) is 0. The lowest BCUT2D eigenvalue weighted by molar-refractivity contribution is 0.00732. The molecular weight excluding hydrogens is 370 g/mol. The first-order valence-electron chi connectivity index (χ1n) is 10.4. The Morgan fingerprint density at radius 1 is 1.10 bits per heavy atom. The van der Waals surface area contributed by atoms with E-state index in [2.05, 4.69) is 9.97 Å². The number of fused-ring (bicyclic) bond motifs is 1. The lowest BCUT2D eigenvalue weighted by Gasteiger charge is -2.36. The summed E-state index contributed by atoms with van der Waals surface area (Å²) in [5.74, 6) is 0.795. The fraction of sp³-hybridized carbons (Fsp3) is 0.591. The zero-order valence-corrected chi connectivity index (χ0v) is 17.8. The van der Waals surface area contributed by atoms with Crippen LogP contribution in [0.25, 0.3) is 11.0 Å². The molecule has 3 rings (SSSR count). The smallest absolute Gasteiger partial charge is 0.410 e. The Labute approximate surface area is 172 Å². The van der Waals surface area contributed by atoms with Crippen LogP contribution >= 0.6 is 0 Å². The van der Waals surface area contributed by atoms with Crippen LogP contribution in [0.2, 0.25) is 0 Å². The number of carbonyl (C=O) groups is 1. The van der Waals surface area contributed by atoms with Gasteiger partial charge in [0.1, 0.15) is 5.60 Å². The van der Waals surface area contributed by atoms with Gasteiger partial charge in [0, 0.05) is 19.0 Å². The predicted molar refractivity (Wildman–Crippen MR) is 111 cm³/mol. The first-order valence-corrected chi connectivity index (χ1v) is 10.4. The molecule has 1 aromatic carbocycles. The topological polar surface area (TPSA) is 73.8 Å². The van der Waals surface area contributed by atoms with E-state index >= 15 is 0 Å². The van der Waals surface area contributed by atoms with Gasteiger partial charge in [0.2, 0.25) is 0 Å². The standard InChI is InChI=1S/C22H31N3O4/c1-5-27-19-20(24-18-12-7-6-11-17(18)23-19)28-15-13-16-10-8-9-14-25(16)21(26)29-22(2,3)4/h6-7,11-12,16H,5,8-10,13-15H2,1-4H3/t16-/m0/s1. The number of hydrogen-bond donors (Lipinski definition) is 0. The zero-order valence-electron chi connectivity index (χ0n) is 17.8. The van der Waals surface area contributed by atoms with Crippen molar-refractivity contribution >= 4 is 17.1 Å². The number of para-hydroxylation sites is 2. The van der Waals surface area contributed by atoms with Crippen molar-refractivity contribution in [1.82, 2.24) is 14.9 Å². The normalized spacial score (nSPS) is 17.2. The number of ether oxygens (including phenoxy) is 3. The van der Waals surface area contributed by atoms with Crippen molar-refractivity contribution in [3.63, 3.8) is 0 Å². The number of rotatable bonds is 6. The molecule has 7 nitrogen and oxygen atoms in total. The van der Waals surface area contributed by atoms with Crippen LogP contribution < -0.4 is 9.47 Å². The molecule has 1 saturated heterocycles. The van der Waals surface area contributed by atoms with Crippen molar-refractivity contribution < 1.29 is 19.0 Å². The summed E-state index contributed by atoms with van der Waals surface area (Å²) in [6.45, 7) is 9.21. The molecule has 1 aromatic heterocycles. The van der Waals surface area contributed by atoms with Gasteiger partial charge in [-0.25, -0.2) is 14.8 Å². The van der Waals surface area contributed by atoms with E-state index in [1.165, 1.54) is 0 Å². The van der Waals surface area contributed by atoms with E-state index in [4.69, 9.17) is 14.2 Å². The van der Waals surface area contributed by atoms with Gasteiger partial charge in [-0.05, 0) is 59.1 Å². The fourth-order valence-electron chi connectivity index (χ4n) is 3.45. The first-order chi connectivity index (χ1) is 13.9. The second-order valence-electron chi connectivity index (χ2n) is 8.22. The van der Waals surface area contributed by atoms with Gasteiger partial charge < -0.3 is 19.1 Å². The Hall–Kier alpha value is -2.57. The number of hydrogen-bond acceptors (Lipinski definition) is 6. The number of benzene rings is 1. The van der Waals surface area contributed by atoms with Crippen molar-refractivity contribution in [3.8, 4) is 11.8 Å². The molecule has 0 unspecified atom stereocenters. The first kappa shape index (κ1) is 21.1. The Bertz CT molecular complexity index is 834. The van der Waals surface area contributed by atoms with E-state index in [0.29, 0.717) is 31.4 Å². The summed E-state index contributed by atoms with van der Waals surface area (Å²) < 4.78 is 17.1. The van der Waals surface area contributed by atoms with Gasteiger partial charge in [0.05, 0.1) is 24.2 Å². The summed E-state index contributed by atoms with van der Waals surface area (Å²) in [6.07, 6.45) is 3.51. The van der Waals surface area contributed by atoms with Crippen molar-refractivity contribution in [2.75, 3.05) is 19.8 Å². The summed E-state index contributed by atoms with van der Waals surface area (Å²) in [5.41, 5.74) is 1.04. The maximum Gasteiger partial charge on any atom is 0.410 e. The molecule has 0 N–H and O–H groups in total. The van der Waals surface area contributed by atoms with Gasteiger partial charge >= 0.3 is 6.09 Å². The van der Waals surface area contributed by atoms with Crippen LogP contribution in [0.15, 0.2) is 24.3 Å². The minimum Gasteiger partial charge on any atom is -0.474 e. The van der Waals surface area contributed by atoms with Crippen LogP contribution in [0, 0.1) is 0 Å². The minimum absolute atomic E-state index is 0.0996. The Morgan fingerprint density at radius 3 is 2.38 bits per heavy atom. The zero-order chi connectivity index (χ0) is 20.9. The van der Waals surface area contributed by atoms with Gasteiger partial charge in [-0.1, -0.05) is 12.1 Å². The Kier molecular flexibility index (Phi) is 6.77. The number of piperidine rings is 1. The molecule has 0 saturated carbocycles. The number of amides is 1. The van der Waals surface area contributed by atoms with Crippen LogP contribution in [0.5, 0.6) is 11.8 Å². The van der Waals surface area contributed by atoms with E-state index in [-0.39, 0.29) is 12.1 Å². The molecule has 2 aromatic rings. The lowest BCUT2D eigenvalue weighted by atomic mass is 10.0. The van der Waals surface area contributed by atoms with Crippen molar-refractivity contribution in [2.45, 2.75) is 65.0 Å². The third kappa shape index (κ3) is 5.71. The molecule has 1 fully saturated rings. The third-order valence-electron chi connectivity index (χ3n) is 4.73. The van der Waals surface area contributed by atoms with Crippen LogP contribution in [0.3, 0.4) is 0 Å². The molecule has 1 aliphatic heterocycles. The average Bonchev–Trinajstić information content (AvgIpc) is 2.67. The van der Waals surface area contributed by atoms with Crippen LogP contribution in [0.1, 0.15) is 53.4 Å². The molecule has 1 amide bonds. The molecule has 1 aliphatic rings. The highest BCUT2D eigenvalue weighted by molar-refractivity contribution is 5.75. The number of carbonyl (C=O) groups excluding carboxylic acids is 1. The quantitative estimate of drug-likeness (QED) is 0.705. The van der Waals surface area contributed by atoms with Gasteiger partial charge in [0.25, 0.3) is 11.8 Å². The summed E-state index contributed by atoms with van der Waals surface area (Å²) in [4.78, 5) is 23.5. The van der Waals surface area contributed by atoms with E-state index < -0.39 is 5.60 Å². The van der Waals surface area contributed by atoms with Crippen LogP contribution in [0.4, 0.5) is 4.79 Å². The van der Waals surface area contributed by atoms with E-state index in [9.17, 15) is 4.79 Å². The molecule has 7 heteroatoms. The highest BCUT2D eigenvalue weighted by Crippen LogP contribution is 2.27. The Balaban J connectivity index is 1.66. The SMILES string of the molecule is CCOc1nc2ccccc2nc1OCC[C@@H]1CCCCN1C(=O)OC(C)(C)C. The number of likely N-dealkylation sites (tertiary alicyclic amines) is 1. The average molecular weight is 402 g/mol. The second kappa shape index (κ2) is 9.29. The highest BCUT2D eigenvalue weighted by atomic mass is 16.6. The van der Waals surface area contributed by atoms with Gasteiger partial charge in [-0.3, -0.25) is 0 Å². The summed E-state index contributed by atoms with van der Waals surface area (Å²) in [7, 11) is 0. The van der Waals surface area contributed by atoms with Crippen molar-refractivity contribution in [3.05, 3.63) is 24.3 Å².